The van der Waals surface area contributed by atoms with Gasteiger partial charge in [0, 0.05) is 20.8 Å². The third-order valence-electron chi connectivity index (χ3n) is 2.76. The molecule has 1 saturated heterocycles. The van der Waals surface area contributed by atoms with Crippen LogP contribution < -0.4 is 0 Å². The van der Waals surface area contributed by atoms with Gasteiger partial charge in [-0.1, -0.05) is 0 Å². The summed E-state index contributed by atoms with van der Waals surface area (Å²) in [7, 11) is 0. The Bertz CT molecular complexity index is 494. The van der Waals surface area contributed by atoms with E-state index in [1.54, 1.807) is 0 Å². The van der Waals surface area contributed by atoms with E-state index in [-0.39, 0.29) is 0 Å². The average Bonchev–Trinajstić information content (AvgIpc) is 2.36. The summed E-state index contributed by atoms with van der Waals surface area (Å²) >= 11 is 0. The topological polar surface area (TPSA) is 88.1 Å². The van der Waals surface area contributed by atoms with Crippen LogP contribution in [0, 0.1) is 0 Å². The molecule has 1 rings (SSSR count). The fraction of sp³-hybridized carbons (Fsp3) is 0.750. The van der Waals surface area contributed by atoms with Gasteiger partial charge < -0.3 is 18.9 Å². The molecule has 132 valence electrons. The molecule has 0 aromatic heterocycles. The van der Waals surface area contributed by atoms with Crippen molar-refractivity contribution in [1.29, 1.82) is 0 Å². The Hall–Kier alpha value is -1.91. The van der Waals surface area contributed by atoms with Crippen molar-refractivity contribution in [2.24, 2.45) is 0 Å². The lowest BCUT2D eigenvalue weighted by molar-refractivity contribution is -0.387. The van der Waals surface area contributed by atoms with Crippen LogP contribution in [0.3, 0.4) is 0 Å². The van der Waals surface area contributed by atoms with E-state index in [2.05, 4.69) is 18.9 Å². The minimum atomic E-state index is -4.93. The minimum absolute atomic E-state index is 0.712. The Kier molecular flexibility index (Phi) is 5.56. The Morgan fingerprint density at radius 3 is 1.87 bits per heavy atom. The summed E-state index contributed by atoms with van der Waals surface area (Å²) in [6.07, 6.45) is -7.74. The SMILES string of the molecule is CC(=O)OC[C@H]1O[C@@H](OC(C)=O)[C@H](OC(C)=O)C(F)(F)C1(F)F. The molecule has 0 radical (unpaired) electrons. The Labute approximate surface area is 127 Å². The number of esters is 3. The summed E-state index contributed by atoms with van der Waals surface area (Å²) < 4.78 is 73.3. The van der Waals surface area contributed by atoms with Gasteiger partial charge in [-0.3, -0.25) is 14.4 Å². The molecule has 3 atom stereocenters. The molecule has 0 aromatic rings. The number of rotatable bonds is 4. The van der Waals surface area contributed by atoms with Crippen LogP contribution in [0.25, 0.3) is 0 Å². The number of carbonyl (C=O) groups is 3. The highest BCUT2D eigenvalue weighted by Crippen LogP contribution is 2.47. The van der Waals surface area contributed by atoms with Gasteiger partial charge in [0.1, 0.15) is 6.61 Å². The van der Waals surface area contributed by atoms with Gasteiger partial charge in [0.2, 0.25) is 12.4 Å². The van der Waals surface area contributed by atoms with Gasteiger partial charge in [-0.2, -0.15) is 17.6 Å². The van der Waals surface area contributed by atoms with Crippen LogP contribution in [0.5, 0.6) is 0 Å². The standard InChI is InChI=1S/C12H14F4O7/c1-5(17)20-4-8-11(13,14)12(15,16)9(21-6(2)18)10(23-8)22-7(3)19/h8-10H,4H2,1-3H3/t8-,9+,10-/m1/s1. The number of hydrogen-bond donors (Lipinski definition) is 0. The van der Waals surface area contributed by atoms with Crippen LogP contribution in [0.1, 0.15) is 20.8 Å². The van der Waals surface area contributed by atoms with Gasteiger partial charge >= 0.3 is 29.8 Å². The maximum absolute atomic E-state index is 14.0. The van der Waals surface area contributed by atoms with Gasteiger partial charge in [0.25, 0.3) is 0 Å². The zero-order chi connectivity index (χ0) is 18.0. The molecule has 1 aliphatic heterocycles. The first kappa shape index (κ1) is 19.1. The Morgan fingerprint density at radius 2 is 1.43 bits per heavy atom. The summed E-state index contributed by atoms with van der Waals surface area (Å²) in [6.45, 7) is 1.21. The van der Waals surface area contributed by atoms with E-state index >= 15 is 0 Å². The predicted molar refractivity (Wildman–Crippen MR) is 62.5 cm³/mol. The maximum Gasteiger partial charge on any atom is 0.355 e. The quantitative estimate of drug-likeness (QED) is 0.427. The van der Waals surface area contributed by atoms with Crippen molar-refractivity contribution in [2.45, 2.75) is 51.1 Å². The number of alkyl halides is 4. The maximum atomic E-state index is 14.0. The Balaban J connectivity index is 3.15. The third kappa shape index (κ3) is 4.09. The molecule has 0 N–H and O–H groups in total. The molecule has 11 heteroatoms. The molecule has 0 spiro atoms. The fourth-order valence-electron chi connectivity index (χ4n) is 1.79. The summed E-state index contributed by atoms with van der Waals surface area (Å²) in [6, 6.07) is 0. The van der Waals surface area contributed by atoms with Crippen LogP contribution >= 0.6 is 0 Å². The fourth-order valence-corrected chi connectivity index (χ4v) is 1.79. The number of carbonyl (C=O) groups excluding carboxylic acids is 3. The molecular weight excluding hydrogens is 332 g/mol. The molecule has 0 aliphatic carbocycles. The second-order valence-corrected chi connectivity index (χ2v) is 4.68. The van der Waals surface area contributed by atoms with E-state index in [1.807, 2.05) is 0 Å². The van der Waals surface area contributed by atoms with Crippen molar-refractivity contribution in [3.63, 3.8) is 0 Å². The molecule has 0 saturated carbocycles. The first-order valence-corrected chi connectivity index (χ1v) is 6.28. The zero-order valence-corrected chi connectivity index (χ0v) is 12.3. The monoisotopic (exact) mass is 346 g/mol. The highest BCUT2D eigenvalue weighted by Gasteiger charge is 2.73. The van der Waals surface area contributed by atoms with Crippen LogP contribution in [0.4, 0.5) is 17.6 Å². The molecule has 1 heterocycles. The van der Waals surface area contributed by atoms with Gasteiger partial charge in [0.05, 0.1) is 0 Å². The molecule has 0 bridgehead atoms. The lowest BCUT2D eigenvalue weighted by atomic mass is 9.96. The van der Waals surface area contributed by atoms with Crippen LogP contribution in [-0.2, 0) is 33.3 Å². The van der Waals surface area contributed by atoms with E-state index in [4.69, 9.17) is 0 Å². The van der Waals surface area contributed by atoms with Gasteiger partial charge in [0.15, 0.2) is 6.10 Å². The molecule has 1 fully saturated rings. The van der Waals surface area contributed by atoms with Crippen molar-refractivity contribution in [2.75, 3.05) is 6.61 Å². The normalized spacial score (nSPS) is 28.6. The second kappa shape index (κ2) is 6.69. The first-order valence-electron chi connectivity index (χ1n) is 6.28. The van der Waals surface area contributed by atoms with E-state index in [1.165, 1.54) is 0 Å². The minimum Gasteiger partial charge on any atom is -0.463 e. The number of halogens is 4. The van der Waals surface area contributed by atoms with E-state index in [0.29, 0.717) is 6.92 Å². The van der Waals surface area contributed by atoms with Gasteiger partial charge in [-0.25, -0.2) is 0 Å². The summed E-state index contributed by atoms with van der Waals surface area (Å²) in [5, 5.41) is 0. The smallest absolute Gasteiger partial charge is 0.355 e. The van der Waals surface area contributed by atoms with Crippen LogP contribution in [0.15, 0.2) is 0 Å². The van der Waals surface area contributed by atoms with Crippen molar-refractivity contribution in [1.82, 2.24) is 0 Å². The largest absolute Gasteiger partial charge is 0.463 e. The molecule has 0 unspecified atom stereocenters. The highest BCUT2D eigenvalue weighted by molar-refractivity contribution is 5.67. The van der Waals surface area contributed by atoms with Crippen molar-refractivity contribution >= 4 is 17.9 Å². The lowest BCUT2D eigenvalue weighted by Gasteiger charge is -2.44. The molecular formula is C12H14F4O7. The first-order chi connectivity index (χ1) is 10.4. The summed E-state index contributed by atoms with van der Waals surface area (Å²) in [4.78, 5) is 32.5. The molecule has 7 nitrogen and oxygen atoms in total. The van der Waals surface area contributed by atoms with Crippen LogP contribution in [-0.4, -0.2) is 54.9 Å². The zero-order valence-electron chi connectivity index (χ0n) is 12.3. The van der Waals surface area contributed by atoms with E-state index in [9.17, 15) is 31.9 Å². The molecule has 1 aliphatic rings. The van der Waals surface area contributed by atoms with E-state index in [0.717, 1.165) is 13.8 Å². The van der Waals surface area contributed by atoms with Crippen molar-refractivity contribution in [3.05, 3.63) is 0 Å². The van der Waals surface area contributed by atoms with E-state index < -0.39 is 54.9 Å². The van der Waals surface area contributed by atoms with Gasteiger partial charge in [-0.15, -0.1) is 0 Å². The molecule has 0 amide bonds. The van der Waals surface area contributed by atoms with Crippen molar-refractivity contribution < 1.29 is 50.9 Å². The predicted octanol–water partition coefficient (Wildman–Crippen LogP) is 1.04. The second-order valence-electron chi connectivity index (χ2n) is 4.68. The van der Waals surface area contributed by atoms with Crippen molar-refractivity contribution in [3.8, 4) is 0 Å². The molecule has 23 heavy (non-hydrogen) atoms. The summed E-state index contributed by atoms with van der Waals surface area (Å²) in [5.74, 6) is -13.2. The Morgan fingerprint density at radius 1 is 0.913 bits per heavy atom. The average molecular weight is 346 g/mol. The highest BCUT2D eigenvalue weighted by atomic mass is 19.3. The van der Waals surface area contributed by atoms with Gasteiger partial charge in [-0.05, 0) is 0 Å². The van der Waals surface area contributed by atoms with Crippen LogP contribution in [0.2, 0.25) is 0 Å². The lowest BCUT2D eigenvalue weighted by Crippen LogP contribution is -2.68. The third-order valence-corrected chi connectivity index (χ3v) is 2.76. The molecule has 0 aromatic carbocycles. The number of hydrogen-bond acceptors (Lipinski definition) is 7. The number of ether oxygens (including phenoxy) is 4. The summed E-state index contributed by atoms with van der Waals surface area (Å²) in [5.41, 5.74) is 0.